The molecule has 1 aliphatic rings. The lowest BCUT2D eigenvalue weighted by molar-refractivity contribution is 0.276. The number of allylic oxidation sites excluding steroid dienone is 2. The van der Waals surface area contributed by atoms with E-state index in [1.54, 1.807) is 0 Å². The molecular formula is C13H22. The van der Waals surface area contributed by atoms with Crippen molar-refractivity contribution in [3.05, 3.63) is 25.3 Å². The van der Waals surface area contributed by atoms with Gasteiger partial charge in [0.05, 0.1) is 0 Å². The number of hydrogen-bond acceptors (Lipinski definition) is 0. The molecule has 0 aromatic carbocycles. The van der Waals surface area contributed by atoms with Crippen LogP contribution in [-0.2, 0) is 0 Å². The minimum Gasteiger partial charge on any atom is -0.103 e. The van der Waals surface area contributed by atoms with Gasteiger partial charge in [0.25, 0.3) is 0 Å². The van der Waals surface area contributed by atoms with Gasteiger partial charge in [-0.1, -0.05) is 31.4 Å². The van der Waals surface area contributed by atoms with E-state index in [1.165, 1.54) is 38.5 Å². The maximum absolute atomic E-state index is 3.95. The molecule has 1 unspecified atom stereocenters. The van der Waals surface area contributed by atoms with Crippen LogP contribution in [0.3, 0.4) is 0 Å². The van der Waals surface area contributed by atoms with Crippen molar-refractivity contribution < 1.29 is 0 Å². The van der Waals surface area contributed by atoms with Gasteiger partial charge in [0, 0.05) is 0 Å². The van der Waals surface area contributed by atoms with Crippen molar-refractivity contribution in [3.63, 3.8) is 0 Å². The van der Waals surface area contributed by atoms with Crippen LogP contribution in [0.15, 0.2) is 25.3 Å². The lowest BCUT2D eigenvalue weighted by atomic mass is 9.78. The summed E-state index contributed by atoms with van der Waals surface area (Å²) in [5, 5.41) is 0. The van der Waals surface area contributed by atoms with Crippen molar-refractivity contribution in [1.29, 1.82) is 0 Å². The molecule has 13 heavy (non-hydrogen) atoms. The van der Waals surface area contributed by atoms with E-state index in [4.69, 9.17) is 0 Å². The van der Waals surface area contributed by atoms with E-state index in [2.05, 4.69) is 19.2 Å². The Morgan fingerprint density at radius 2 is 1.85 bits per heavy atom. The minimum absolute atomic E-state index is 0.748. The molecule has 1 saturated carbocycles. The Kier molecular flexibility index (Phi) is 4.88. The van der Waals surface area contributed by atoms with Crippen LogP contribution in [0.1, 0.15) is 44.9 Å². The lowest BCUT2D eigenvalue weighted by Gasteiger charge is -2.27. The first-order valence-corrected chi connectivity index (χ1v) is 5.62. The van der Waals surface area contributed by atoms with Crippen LogP contribution in [0, 0.1) is 11.8 Å². The van der Waals surface area contributed by atoms with Crippen LogP contribution in [0.4, 0.5) is 0 Å². The van der Waals surface area contributed by atoms with E-state index in [0.717, 1.165) is 18.3 Å². The zero-order valence-corrected chi connectivity index (χ0v) is 8.67. The second-order valence-electron chi connectivity index (χ2n) is 4.16. The largest absolute Gasteiger partial charge is 0.103 e. The monoisotopic (exact) mass is 178 g/mol. The Bertz CT molecular complexity index is 151. The lowest BCUT2D eigenvalue weighted by Crippen LogP contribution is -2.15. The van der Waals surface area contributed by atoms with Crippen molar-refractivity contribution in [2.75, 3.05) is 0 Å². The summed E-state index contributed by atoms with van der Waals surface area (Å²) in [4.78, 5) is 0. The average Bonchev–Trinajstić information content (AvgIpc) is 2.21. The molecule has 0 spiro atoms. The van der Waals surface area contributed by atoms with Crippen LogP contribution in [0.25, 0.3) is 0 Å². The predicted octanol–water partition coefficient (Wildman–Crippen LogP) is 4.34. The van der Waals surface area contributed by atoms with Crippen LogP contribution in [0.5, 0.6) is 0 Å². The maximum Gasteiger partial charge on any atom is -0.0205 e. The van der Waals surface area contributed by atoms with Crippen molar-refractivity contribution in [3.8, 4) is 0 Å². The van der Waals surface area contributed by atoms with E-state index in [0.29, 0.717) is 0 Å². The summed E-state index contributed by atoms with van der Waals surface area (Å²) in [5.41, 5.74) is 0. The third kappa shape index (κ3) is 3.38. The van der Waals surface area contributed by atoms with E-state index < -0.39 is 0 Å². The summed E-state index contributed by atoms with van der Waals surface area (Å²) < 4.78 is 0. The number of hydrogen-bond donors (Lipinski definition) is 0. The smallest absolute Gasteiger partial charge is 0.0205 e. The molecule has 0 nitrogen and oxygen atoms in total. The van der Waals surface area contributed by atoms with Gasteiger partial charge >= 0.3 is 0 Å². The molecule has 1 rings (SSSR count). The Morgan fingerprint density at radius 1 is 1.15 bits per heavy atom. The van der Waals surface area contributed by atoms with Crippen LogP contribution < -0.4 is 0 Å². The van der Waals surface area contributed by atoms with Gasteiger partial charge in [-0.25, -0.2) is 0 Å². The molecule has 74 valence electrons. The van der Waals surface area contributed by atoms with Gasteiger partial charge < -0.3 is 0 Å². The SMILES string of the molecule is C=CCCC(C=C)C1CCCCC1. The highest BCUT2D eigenvalue weighted by Gasteiger charge is 2.20. The minimum atomic E-state index is 0.748. The molecule has 1 aliphatic carbocycles. The van der Waals surface area contributed by atoms with Crippen molar-refractivity contribution in [1.82, 2.24) is 0 Å². The van der Waals surface area contributed by atoms with E-state index in [1.807, 2.05) is 6.08 Å². The second kappa shape index (κ2) is 6.01. The molecule has 0 aliphatic heterocycles. The summed E-state index contributed by atoms with van der Waals surface area (Å²) in [5.74, 6) is 1.67. The summed E-state index contributed by atoms with van der Waals surface area (Å²) >= 11 is 0. The van der Waals surface area contributed by atoms with Crippen molar-refractivity contribution >= 4 is 0 Å². The van der Waals surface area contributed by atoms with E-state index in [-0.39, 0.29) is 0 Å². The highest BCUT2D eigenvalue weighted by molar-refractivity contribution is 4.87. The van der Waals surface area contributed by atoms with Crippen LogP contribution in [-0.4, -0.2) is 0 Å². The first-order valence-electron chi connectivity index (χ1n) is 5.62. The van der Waals surface area contributed by atoms with Gasteiger partial charge in [0.15, 0.2) is 0 Å². The van der Waals surface area contributed by atoms with Gasteiger partial charge in [-0.05, 0) is 37.5 Å². The third-order valence-electron chi connectivity index (χ3n) is 3.26. The fraction of sp³-hybridized carbons (Fsp3) is 0.692. The molecule has 0 aromatic heterocycles. The second-order valence-corrected chi connectivity index (χ2v) is 4.16. The Balaban J connectivity index is 2.34. The Hall–Kier alpha value is -0.520. The molecule has 0 bridgehead atoms. The van der Waals surface area contributed by atoms with Crippen molar-refractivity contribution in [2.45, 2.75) is 44.9 Å². The zero-order valence-electron chi connectivity index (χ0n) is 8.67. The first kappa shape index (κ1) is 10.6. The summed E-state index contributed by atoms with van der Waals surface area (Å²) in [7, 11) is 0. The maximum atomic E-state index is 3.95. The fourth-order valence-corrected chi connectivity index (χ4v) is 2.42. The predicted molar refractivity (Wildman–Crippen MR) is 59.7 cm³/mol. The molecule has 0 aromatic rings. The standard InChI is InChI=1S/C13H22/c1-3-5-9-12(4-2)13-10-7-6-8-11-13/h3-4,12-13H,1-2,5-11H2. The third-order valence-corrected chi connectivity index (χ3v) is 3.26. The first-order chi connectivity index (χ1) is 6.38. The molecule has 0 heterocycles. The molecule has 0 heteroatoms. The zero-order chi connectivity index (χ0) is 9.52. The fourth-order valence-electron chi connectivity index (χ4n) is 2.42. The Labute approximate surface area is 82.7 Å². The van der Waals surface area contributed by atoms with E-state index >= 15 is 0 Å². The summed E-state index contributed by atoms with van der Waals surface area (Å²) in [6.07, 6.45) is 13.8. The molecule has 0 saturated heterocycles. The summed E-state index contributed by atoms with van der Waals surface area (Å²) in [6.45, 7) is 7.73. The van der Waals surface area contributed by atoms with Gasteiger partial charge in [-0.15, -0.1) is 13.2 Å². The van der Waals surface area contributed by atoms with E-state index in [9.17, 15) is 0 Å². The average molecular weight is 178 g/mol. The Morgan fingerprint density at radius 3 is 2.38 bits per heavy atom. The topological polar surface area (TPSA) is 0 Å². The highest BCUT2D eigenvalue weighted by atomic mass is 14.3. The molecule has 0 N–H and O–H groups in total. The molecule has 1 atom stereocenters. The highest BCUT2D eigenvalue weighted by Crippen LogP contribution is 2.32. The van der Waals surface area contributed by atoms with Gasteiger partial charge in [0.2, 0.25) is 0 Å². The summed E-state index contributed by atoms with van der Waals surface area (Å²) in [6, 6.07) is 0. The quantitative estimate of drug-likeness (QED) is 0.549. The van der Waals surface area contributed by atoms with Crippen LogP contribution in [0.2, 0.25) is 0 Å². The molecule has 0 amide bonds. The number of rotatable bonds is 5. The van der Waals surface area contributed by atoms with Gasteiger partial charge in [-0.3, -0.25) is 0 Å². The molecular weight excluding hydrogens is 156 g/mol. The molecule has 0 radical (unpaired) electrons. The normalized spacial score (nSPS) is 20.9. The van der Waals surface area contributed by atoms with Crippen molar-refractivity contribution in [2.24, 2.45) is 11.8 Å². The molecule has 1 fully saturated rings. The van der Waals surface area contributed by atoms with Crippen LogP contribution >= 0.6 is 0 Å². The van der Waals surface area contributed by atoms with Gasteiger partial charge in [0.1, 0.15) is 0 Å². The van der Waals surface area contributed by atoms with Gasteiger partial charge in [-0.2, -0.15) is 0 Å².